The first-order valence-corrected chi connectivity index (χ1v) is 7.51. The molecule has 22 heavy (non-hydrogen) atoms. The Kier molecular flexibility index (Phi) is 5.33. The number of hydrogen-bond acceptors (Lipinski definition) is 3. The lowest BCUT2D eigenvalue weighted by Crippen LogP contribution is -2.26. The molecule has 5 heteroatoms. The molecule has 0 aliphatic heterocycles. The smallest absolute Gasteiger partial charge is 0.254 e. The Morgan fingerprint density at radius 3 is 2.73 bits per heavy atom. The lowest BCUT2D eigenvalue weighted by molar-refractivity contribution is 0.0948. The van der Waals surface area contributed by atoms with Crippen LogP contribution in [-0.4, -0.2) is 33.9 Å². The normalized spacial score (nSPS) is 11.4. The standard InChI is InChI=1S/C17H23N3O2/c1-17(2,13-21)9-6-10-18-16(22)14-11-19-20(12-14)15-7-4-3-5-8-15/h3-5,7-8,11-12,21H,6,9-10,13H2,1-2H3,(H,18,22). The Hall–Kier alpha value is -2.14. The number of carbonyl (C=O) groups excluding carboxylic acids is 1. The van der Waals surface area contributed by atoms with Gasteiger partial charge in [0.1, 0.15) is 0 Å². The van der Waals surface area contributed by atoms with Crippen molar-refractivity contribution < 1.29 is 9.90 Å². The van der Waals surface area contributed by atoms with Gasteiger partial charge in [-0.15, -0.1) is 0 Å². The van der Waals surface area contributed by atoms with Crippen LogP contribution in [0.1, 0.15) is 37.0 Å². The molecule has 2 rings (SSSR count). The summed E-state index contributed by atoms with van der Waals surface area (Å²) in [6.45, 7) is 4.78. The van der Waals surface area contributed by atoms with Crippen LogP contribution in [-0.2, 0) is 0 Å². The van der Waals surface area contributed by atoms with Crippen LogP contribution in [0.25, 0.3) is 5.69 Å². The van der Waals surface area contributed by atoms with E-state index < -0.39 is 0 Å². The Morgan fingerprint density at radius 1 is 1.32 bits per heavy atom. The number of aliphatic hydroxyl groups excluding tert-OH is 1. The van der Waals surface area contributed by atoms with Crippen molar-refractivity contribution in [1.82, 2.24) is 15.1 Å². The maximum absolute atomic E-state index is 12.1. The highest BCUT2D eigenvalue weighted by molar-refractivity contribution is 5.93. The van der Waals surface area contributed by atoms with Crippen molar-refractivity contribution in [3.05, 3.63) is 48.3 Å². The highest BCUT2D eigenvalue weighted by Gasteiger charge is 2.16. The number of carbonyl (C=O) groups is 1. The third-order valence-electron chi connectivity index (χ3n) is 3.61. The Balaban J connectivity index is 1.85. The van der Waals surface area contributed by atoms with E-state index in [4.69, 9.17) is 0 Å². The van der Waals surface area contributed by atoms with Gasteiger partial charge in [0.15, 0.2) is 0 Å². The fourth-order valence-corrected chi connectivity index (χ4v) is 2.11. The Morgan fingerprint density at radius 2 is 2.05 bits per heavy atom. The first-order valence-electron chi connectivity index (χ1n) is 7.51. The Bertz CT molecular complexity index is 605. The molecular formula is C17H23N3O2. The molecule has 0 spiro atoms. The number of aliphatic hydroxyl groups is 1. The second-order valence-corrected chi connectivity index (χ2v) is 6.19. The zero-order chi connectivity index (χ0) is 16.0. The van der Waals surface area contributed by atoms with Crippen molar-refractivity contribution in [3.8, 4) is 5.69 Å². The van der Waals surface area contributed by atoms with Gasteiger partial charge in [-0.1, -0.05) is 32.0 Å². The van der Waals surface area contributed by atoms with Crippen LogP contribution in [0.15, 0.2) is 42.7 Å². The zero-order valence-corrected chi connectivity index (χ0v) is 13.1. The molecule has 1 amide bonds. The van der Waals surface area contributed by atoms with Crippen LogP contribution in [0, 0.1) is 5.41 Å². The van der Waals surface area contributed by atoms with E-state index in [2.05, 4.69) is 10.4 Å². The van der Waals surface area contributed by atoms with Crippen LogP contribution in [0.4, 0.5) is 0 Å². The number of para-hydroxylation sites is 1. The maximum Gasteiger partial charge on any atom is 0.254 e. The summed E-state index contributed by atoms with van der Waals surface area (Å²) < 4.78 is 1.68. The minimum Gasteiger partial charge on any atom is -0.396 e. The van der Waals surface area contributed by atoms with Gasteiger partial charge in [-0.25, -0.2) is 4.68 Å². The SMILES string of the molecule is CC(C)(CO)CCCNC(=O)c1cnn(-c2ccccc2)c1. The van der Waals surface area contributed by atoms with E-state index in [-0.39, 0.29) is 17.9 Å². The molecule has 0 aliphatic rings. The first-order chi connectivity index (χ1) is 10.5. The van der Waals surface area contributed by atoms with Gasteiger partial charge in [-0.3, -0.25) is 4.79 Å². The average Bonchev–Trinajstić information content (AvgIpc) is 3.02. The highest BCUT2D eigenvalue weighted by atomic mass is 16.3. The highest BCUT2D eigenvalue weighted by Crippen LogP contribution is 2.20. The molecule has 2 N–H and O–H groups in total. The maximum atomic E-state index is 12.1. The summed E-state index contributed by atoms with van der Waals surface area (Å²) in [5.41, 5.74) is 1.37. The molecule has 0 bridgehead atoms. The zero-order valence-electron chi connectivity index (χ0n) is 13.1. The largest absolute Gasteiger partial charge is 0.396 e. The quantitative estimate of drug-likeness (QED) is 0.772. The van der Waals surface area contributed by atoms with Crippen molar-refractivity contribution in [2.24, 2.45) is 5.41 Å². The number of rotatable bonds is 7. The first kappa shape index (κ1) is 16.2. The van der Waals surface area contributed by atoms with Crippen LogP contribution < -0.4 is 5.32 Å². The molecule has 1 aromatic carbocycles. The molecule has 1 heterocycles. The summed E-state index contributed by atoms with van der Waals surface area (Å²) in [5.74, 6) is -0.121. The van der Waals surface area contributed by atoms with Gasteiger partial charge in [0.25, 0.3) is 5.91 Å². The fraction of sp³-hybridized carbons (Fsp3) is 0.412. The van der Waals surface area contributed by atoms with Crippen molar-refractivity contribution in [3.63, 3.8) is 0 Å². The summed E-state index contributed by atoms with van der Waals surface area (Å²) >= 11 is 0. The second kappa shape index (κ2) is 7.22. The van der Waals surface area contributed by atoms with E-state index in [0.717, 1.165) is 18.5 Å². The van der Waals surface area contributed by atoms with Crippen LogP contribution in [0.2, 0.25) is 0 Å². The van der Waals surface area contributed by atoms with Crippen molar-refractivity contribution in [2.45, 2.75) is 26.7 Å². The molecule has 118 valence electrons. The molecule has 0 saturated heterocycles. The van der Waals surface area contributed by atoms with Crippen molar-refractivity contribution in [1.29, 1.82) is 0 Å². The third kappa shape index (κ3) is 4.43. The van der Waals surface area contributed by atoms with E-state index >= 15 is 0 Å². The number of amides is 1. The van der Waals surface area contributed by atoms with Crippen molar-refractivity contribution >= 4 is 5.91 Å². The molecule has 5 nitrogen and oxygen atoms in total. The lowest BCUT2D eigenvalue weighted by atomic mass is 9.89. The lowest BCUT2D eigenvalue weighted by Gasteiger charge is -2.21. The minimum absolute atomic E-state index is 0.0943. The van der Waals surface area contributed by atoms with Gasteiger partial charge in [-0.05, 0) is 30.4 Å². The number of nitrogens with zero attached hydrogens (tertiary/aromatic N) is 2. The van der Waals surface area contributed by atoms with Crippen LogP contribution in [0.5, 0.6) is 0 Å². The van der Waals surface area contributed by atoms with E-state index in [0.29, 0.717) is 12.1 Å². The second-order valence-electron chi connectivity index (χ2n) is 6.19. The van der Waals surface area contributed by atoms with E-state index in [9.17, 15) is 9.90 Å². The van der Waals surface area contributed by atoms with Gasteiger partial charge in [-0.2, -0.15) is 5.10 Å². The van der Waals surface area contributed by atoms with E-state index in [1.165, 1.54) is 0 Å². The molecule has 0 atom stereocenters. The molecule has 1 aromatic heterocycles. The summed E-state index contributed by atoms with van der Waals surface area (Å²) in [5, 5.41) is 16.3. The monoisotopic (exact) mass is 301 g/mol. The van der Waals surface area contributed by atoms with E-state index in [1.54, 1.807) is 17.1 Å². The van der Waals surface area contributed by atoms with Gasteiger partial charge in [0.05, 0.1) is 17.4 Å². The molecule has 0 aliphatic carbocycles. The minimum atomic E-state index is -0.121. The van der Waals surface area contributed by atoms with Gasteiger partial charge in [0, 0.05) is 19.3 Å². The molecule has 2 aromatic rings. The van der Waals surface area contributed by atoms with Gasteiger partial charge in [0.2, 0.25) is 0 Å². The number of benzene rings is 1. The predicted octanol–water partition coefficient (Wildman–Crippen LogP) is 2.40. The predicted molar refractivity (Wildman–Crippen MR) is 86.0 cm³/mol. The summed E-state index contributed by atoms with van der Waals surface area (Å²) in [6.07, 6.45) is 5.00. The average molecular weight is 301 g/mol. The number of hydrogen-bond donors (Lipinski definition) is 2. The fourth-order valence-electron chi connectivity index (χ4n) is 2.11. The van der Waals surface area contributed by atoms with Crippen LogP contribution in [0.3, 0.4) is 0 Å². The number of nitrogens with one attached hydrogen (secondary N) is 1. The summed E-state index contributed by atoms with van der Waals surface area (Å²) in [6, 6.07) is 9.67. The molecule has 0 unspecified atom stereocenters. The third-order valence-corrected chi connectivity index (χ3v) is 3.61. The molecular weight excluding hydrogens is 278 g/mol. The summed E-state index contributed by atoms with van der Waals surface area (Å²) in [4.78, 5) is 12.1. The van der Waals surface area contributed by atoms with Crippen LogP contribution >= 0.6 is 0 Å². The number of aromatic nitrogens is 2. The Labute approximate surface area is 131 Å². The molecule has 0 radical (unpaired) electrons. The topological polar surface area (TPSA) is 67.2 Å². The van der Waals surface area contributed by atoms with Gasteiger partial charge >= 0.3 is 0 Å². The summed E-state index contributed by atoms with van der Waals surface area (Å²) in [7, 11) is 0. The molecule has 0 saturated carbocycles. The van der Waals surface area contributed by atoms with Crippen molar-refractivity contribution in [2.75, 3.05) is 13.2 Å². The molecule has 0 fully saturated rings. The van der Waals surface area contributed by atoms with E-state index in [1.807, 2.05) is 44.2 Å². The van der Waals surface area contributed by atoms with Gasteiger partial charge < -0.3 is 10.4 Å².